The van der Waals surface area contributed by atoms with E-state index in [1.807, 2.05) is 24.3 Å². The molecule has 0 unspecified atom stereocenters. The summed E-state index contributed by atoms with van der Waals surface area (Å²) < 4.78 is 5.12. The predicted octanol–water partition coefficient (Wildman–Crippen LogP) is 0.834. The van der Waals surface area contributed by atoms with Crippen LogP contribution in [0.25, 0.3) is 0 Å². The lowest BCUT2D eigenvalue weighted by Crippen LogP contribution is -2.30. The Morgan fingerprint density at radius 1 is 1.06 bits per heavy atom. The average molecular weight is 240 g/mol. The van der Waals surface area contributed by atoms with E-state index in [0.29, 0.717) is 6.54 Å². The Morgan fingerprint density at radius 3 is 2.22 bits per heavy atom. The van der Waals surface area contributed by atoms with Gasteiger partial charge in [0.15, 0.2) is 0 Å². The molecular formula is C14H17BN2O. The van der Waals surface area contributed by atoms with E-state index in [1.165, 1.54) is 11.0 Å². The van der Waals surface area contributed by atoms with Crippen molar-refractivity contribution >= 4 is 19.0 Å². The van der Waals surface area contributed by atoms with E-state index in [1.54, 1.807) is 12.1 Å². The van der Waals surface area contributed by atoms with E-state index >= 15 is 0 Å². The predicted molar refractivity (Wildman–Crippen MR) is 78.0 cm³/mol. The number of nitrogens with zero attached hydrogens (tertiary/aromatic N) is 1. The zero-order valence-electron chi connectivity index (χ0n) is 10.8. The number of benzene rings is 2. The zero-order chi connectivity index (χ0) is 13.0. The Hall–Kier alpha value is -1.94. The molecule has 0 fully saturated rings. The molecule has 0 amide bonds. The lowest BCUT2D eigenvalue weighted by molar-refractivity contribution is 0.415. The Labute approximate surface area is 109 Å². The molecule has 0 heterocycles. The molecular weight excluding hydrogens is 223 g/mol. The molecule has 2 aromatic rings. The van der Waals surface area contributed by atoms with E-state index in [4.69, 9.17) is 10.6 Å². The first kappa shape index (κ1) is 12.5. The highest BCUT2D eigenvalue weighted by Gasteiger charge is 2.03. The molecule has 2 rings (SSSR count). The standard InChI is InChI=1S/C14H17BN2O/c1-18-14-8-6-13(7-9-14)17(16)10-11-2-4-12(15)5-3-11/h2-9H,10,15-16H2,1H3. The van der Waals surface area contributed by atoms with Crippen molar-refractivity contribution in [2.45, 2.75) is 6.54 Å². The second-order valence-electron chi connectivity index (χ2n) is 4.31. The number of ether oxygens (including phenoxy) is 1. The highest BCUT2D eigenvalue weighted by atomic mass is 16.5. The maximum Gasteiger partial charge on any atom is 0.139 e. The smallest absolute Gasteiger partial charge is 0.139 e. The summed E-state index contributed by atoms with van der Waals surface area (Å²) in [5.41, 5.74) is 3.42. The van der Waals surface area contributed by atoms with Crippen LogP contribution in [-0.4, -0.2) is 15.0 Å². The molecule has 0 radical (unpaired) electrons. The number of anilines is 1. The third kappa shape index (κ3) is 3.05. The highest BCUT2D eigenvalue weighted by Crippen LogP contribution is 2.18. The quantitative estimate of drug-likeness (QED) is 0.489. The van der Waals surface area contributed by atoms with Crippen LogP contribution in [0.15, 0.2) is 48.5 Å². The summed E-state index contributed by atoms with van der Waals surface area (Å²) in [5.74, 6) is 6.88. The summed E-state index contributed by atoms with van der Waals surface area (Å²) in [4.78, 5) is 0. The van der Waals surface area contributed by atoms with Crippen LogP contribution in [0.4, 0.5) is 5.69 Å². The van der Waals surface area contributed by atoms with Gasteiger partial charge < -0.3 is 9.75 Å². The van der Waals surface area contributed by atoms with E-state index in [9.17, 15) is 0 Å². The highest BCUT2D eigenvalue weighted by molar-refractivity contribution is 6.32. The van der Waals surface area contributed by atoms with Gasteiger partial charge in [-0.15, -0.1) is 0 Å². The van der Waals surface area contributed by atoms with E-state index in [0.717, 1.165) is 11.4 Å². The monoisotopic (exact) mass is 240 g/mol. The maximum absolute atomic E-state index is 6.05. The minimum Gasteiger partial charge on any atom is -0.497 e. The SMILES string of the molecule is Bc1ccc(CN(N)c2ccc(OC)cc2)cc1. The van der Waals surface area contributed by atoms with Gasteiger partial charge in [-0.3, -0.25) is 0 Å². The normalized spacial score (nSPS) is 10.1. The molecule has 4 heteroatoms. The lowest BCUT2D eigenvalue weighted by atomic mass is 9.95. The average Bonchev–Trinajstić information content (AvgIpc) is 2.41. The van der Waals surface area contributed by atoms with Crippen molar-refractivity contribution in [3.05, 3.63) is 54.1 Å². The summed E-state index contributed by atoms with van der Waals surface area (Å²) in [7, 11) is 3.73. The first-order valence-corrected chi connectivity index (χ1v) is 5.91. The number of rotatable bonds is 4. The molecule has 0 spiro atoms. The van der Waals surface area contributed by atoms with Crippen molar-refractivity contribution in [1.29, 1.82) is 0 Å². The Morgan fingerprint density at radius 2 is 1.67 bits per heavy atom. The molecule has 0 bridgehead atoms. The summed E-state index contributed by atoms with van der Waals surface area (Å²) in [6, 6.07) is 16.1. The topological polar surface area (TPSA) is 38.5 Å². The van der Waals surface area contributed by atoms with Gasteiger partial charge in [0.2, 0.25) is 0 Å². The van der Waals surface area contributed by atoms with Crippen LogP contribution in [0.5, 0.6) is 5.75 Å². The van der Waals surface area contributed by atoms with Crippen molar-refractivity contribution in [2.24, 2.45) is 5.84 Å². The fourth-order valence-electron chi connectivity index (χ4n) is 1.76. The minimum atomic E-state index is 0.687. The molecule has 92 valence electrons. The number of methoxy groups -OCH3 is 1. The maximum atomic E-state index is 6.05. The minimum absolute atomic E-state index is 0.687. The molecule has 2 aromatic carbocycles. The van der Waals surface area contributed by atoms with E-state index < -0.39 is 0 Å². The number of hydrogen-bond donors (Lipinski definition) is 1. The van der Waals surface area contributed by atoms with Crippen LogP contribution in [0.2, 0.25) is 0 Å². The molecule has 0 saturated carbocycles. The summed E-state index contributed by atoms with van der Waals surface area (Å²) in [6.45, 7) is 0.687. The van der Waals surface area contributed by atoms with Gasteiger partial charge in [0.1, 0.15) is 13.6 Å². The van der Waals surface area contributed by atoms with Crippen LogP contribution < -0.4 is 21.1 Å². The summed E-state index contributed by atoms with van der Waals surface area (Å²) >= 11 is 0. The molecule has 0 aliphatic heterocycles. The Balaban J connectivity index is 2.06. The van der Waals surface area contributed by atoms with Crippen molar-refractivity contribution in [3.8, 4) is 5.75 Å². The van der Waals surface area contributed by atoms with Crippen LogP contribution >= 0.6 is 0 Å². The molecule has 0 atom stereocenters. The van der Waals surface area contributed by atoms with Crippen molar-refractivity contribution in [3.63, 3.8) is 0 Å². The van der Waals surface area contributed by atoms with Crippen molar-refractivity contribution in [1.82, 2.24) is 0 Å². The van der Waals surface area contributed by atoms with Crippen molar-refractivity contribution in [2.75, 3.05) is 12.1 Å². The summed E-state index contributed by atoms with van der Waals surface area (Å²) in [6.07, 6.45) is 0. The third-order valence-electron chi connectivity index (χ3n) is 2.88. The fraction of sp³-hybridized carbons (Fsp3) is 0.143. The number of hydrogen-bond acceptors (Lipinski definition) is 3. The molecule has 0 saturated heterocycles. The first-order valence-electron chi connectivity index (χ1n) is 5.91. The van der Waals surface area contributed by atoms with Crippen LogP contribution in [0.1, 0.15) is 5.56 Å². The lowest BCUT2D eigenvalue weighted by Gasteiger charge is -2.19. The molecule has 0 aliphatic rings. The molecule has 2 N–H and O–H groups in total. The number of hydrazine groups is 1. The Kier molecular flexibility index (Phi) is 3.90. The van der Waals surface area contributed by atoms with Gasteiger partial charge in [0.25, 0.3) is 0 Å². The van der Waals surface area contributed by atoms with Gasteiger partial charge >= 0.3 is 0 Å². The van der Waals surface area contributed by atoms with E-state index in [-0.39, 0.29) is 0 Å². The Bertz CT molecular complexity index is 496. The second-order valence-corrected chi connectivity index (χ2v) is 4.31. The summed E-state index contributed by atoms with van der Waals surface area (Å²) in [5, 5.41) is 1.73. The first-order chi connectivity index (χ1) is 8.69. The van der Waals surface area contributed by atoms with E-state index in [2.05, 4.69) is 32.1 Å². The fourth-order valence-corrected chi connectivity index (χ4v) is 1.76. The number of nitrogens with two attached hydrogens (primary N) is 1. The van der Waals surface area contributed by atoms with Gasteiger partial charge in [-0.1, -0.05) is 29.7 Å². The third-order valence-corrected chi connectivity index (χ3v) is 2.88. The van der Waals surface area contributed by atoms with Crippen LogP contribution in [0.3, 0.4) is 0 Å². The van der Waals surface area contributed by atoms with Gasteiger partial charge in [0.05, 0.1) is 19.3 Å². The van der Waals surface area contributed by atoms with Crippen LogP contribution in [-0.2, 0) is 6.54 Å². The molecule has 18 heavy (non-hydrogen) atoms. The molecule has 0 aliphatic carbocycles. The zero-order valence-corrected chi connectivity index (χ0v) is 10.8. The molecule has 0 aromatic heterocycles. The van der Waals surface area contributed by atoms with Gasteiger partial charge in [-0.05, 0) is 29.8 Å². The van der Waals surface area contributed by atoms with Crippen molar-refractivity contribution < 1.29 is 4.74 Å². The van der Waals surface area contributed by atoms with Gasteiger partial charge in [-0.2, -0.15) is 0 Å². The molecule has 3 nitrogen and oxygen atoms in total. The van der Waals surface area contributed by atoms with Gasteiger partial charge in [0, 0.05) is 0 Å². The largest absolute Gasteiger partial charge is 0.497 e. The second kappa shape index (κ2) is 5.60. The van der Waals surface area contributed by atoms with Gasteiger partial charge in [-0.25, -0.2) is 5.84 Å². The van der Waals surface area contributed by atoms with Crippen LogP contribution in [0, 0.1) is 0 Å².